The molecule has 37 heavy (non-hydrogen) atoms. The molecule has 0 unspecified atom stereocenters. The lowest BCUT2D eigenvalue weighted by Gasteiger charge is -2.33. The summed E-state index contributed by atoms with van der Waals surface area (Å²) in [6.07, 6.45) is 2.15. The summed E-state index contributed by atoms with van der Waals surface area (Å²) in [5, 5.41) is 24.6. The van der Waals surface area contributed by atoms with Gasteiger partial charge in [-0.1, -0.05) is 31.2 Å². The number of hydrogen-bond donors (Lipinski definition) is 3. The fourth-order valence-electron chi connectivity index (χ4n) is 3.90. The average Bonchev–Trinajstić information content (AvgIpc) is 2.85. The van der Waals surface area contributed by atoms with Gasteiger partial charge in [0, 0.05) is 18.5 Å². The van der Waals surface area contributed by atoms with E-state index in [9.17, 15) is 19.8 Å². The van der Waals surface area contributed by atoms with Crippen LogP contribution < -0.4 is 10.1 Å². The first kappa shape index (κ1) is 30.3. The van der Waals surface area contributed by atoms with Gasteiger partial charge in [0.15, 0.2) is 0 Å². The Balaban J connectivity index is 2.01. The Labute approximate surface area is 219 Å². The number of rotatable bonds is 13. The van der Waals surface area contributed by atoms with Gasteiger partial charge in [-0.25, -0.2) is 9.59 Å². The van der Waals surface area contributed by atoms with Crippen molar-refractivity contribution >= 4 is 12.1 Å². The second kappa shape index (κ2) is 14.8. The van der Waals surface area contributed by atoms with E-state index in [4.69, 9.17) is 18.9 Å². The number of amides is 1. The minimum absolute atomic E-state index is 0.193. The molecular formula is C28H41NO8. The maximum Gasteiger partial charge on any atom is 0.407 e. The molecular weight excluding hydrogens is 478 g/mol. The minimum atomic E-state index is -1.33. The Morgan fingerprint density at radius 2 is 1.92 bits per heavy atom. The zero-order chi connectivity index (χ0) is 27.4. The Morgan fingerprint density at radius 3 is 2.54 bits per heavy atom. The summed E-state index contributed by atoms with van der Waals surface area (Å²) in [4.78, 5) is 23.8. The van der Waals surface area contributed by atoms with Crippen LogP contribution in [-0.4, -0.2) is 66.4 Å². The number of benzene rings is 1. The number of ether oxygens (including phenoxy) is 4. The lowest BCUT2D eigenvalue weighted by molar-refractivity contribution is -0.159. The maximum atomic E-state index is 12.0. The molecule has 0 saturated carbocycles. The number of alkyl carbamates (subject to hydrolysis) is 1. The summed E-state index contributed by atoms with van der Waals surface area (Å²) in [7, 11) is 1.61. The molecule has 206 valence electrons. The summed E-state index contributed by atoms with van der Waals surface area (Å²) in [6.45, 7) is 8.23. The highest BCUT2D eigenvalue weighted by atomic mass is 16.6. The monoisotopic (exact) mass is 519 g/mol. The van der Waals surface area contributed by atoms with Crippen molar-refractivity contribution in [1.82, 2.24) is 5.32 Å². The molecule has 0 fully saturated rings. The molecule has 0 radical (unpaired) electrons. The van der Waals surface area contributed by atoms with Crippen LogP contribution in [0.4, 0.5) is 4.79 Å². The number of aliphatic hydroxyl groups excluding tert-OH is 2. The zero-order valence-corrected chi connectivity index (χ0v) is 22.4. The topological polar surface area (TPSA) is 124 Å². The molecule has 1 heterocycles. The van der Waals surface area contributed by atoms with Crippen LogP contribution in [0.5, 0.6) is 5.75 Å². The first-order chi connectivity index (χ1) is 17.5. The fourth-order valence-corrected chi connectivity index (χ4v) is 3.90. The van der Waals surface area contributed by atoms with Gasteiger partial charge in [0.25, 0.3) is 0 Å². The Kier molecular flexibility index (Phi) is 12.1. The third-order valence-electron chi connectivity index (χ3n) is 5.84. The number of hydrogen-bond acceptors (Lipinski definition) is 8. The van der Waals surface area contributed by atoms with Crippen LogP contribution >= 0.6 is 0 Å². The van der Waals surface area contributed by atoms with Gasteiger partial charge in [0.1, 0.15) is 29.7 Å². The highest BCUT2D eigenvalue weighted by Crippen LogP contribution is 2.26. The van der Waals surface area contributed by atoms with E-state index in [2.05, 4.69) is 5.32 Å². The molecule has 0 saturated heterocycles. The van der Waals surface area contributed by atoms with Crippen LogP contribution in [0.15, 0.2) is 48.1 Å². The third-order valence-corrected chi connectivity index (χ3v) is 5.84. The molecule has 2 rings (SSSR count). The van der Waals surface area contributed by atoms with Gasteiger partial charge in [-0.05, 0) is 63.3 Å². The highest BCUT2D eigenvalue weighted by Gasteiger charge is 2.37. The minimum Gasteiger partial charge on any atom is -0.497 e. The van der Waals surface area contributed by atoms with E-state index in [1.54, 1.807) is 40.0 Å². The van der Waals surface area contributed by atoms with Gasteiger partial charge in [-0.3, -0.25) is 0 Å². The van der Waals surface area contributed by atoms with Gasteiger partial charge >= 0.3 is 12.1 Å². The standard InChI is InChI=1S/C28H41NO8/c1-6-20-11-14-23(30)36-26(20)25(32)24(31)21(15-16-29-27(33)37-28(2,3)4)8-7-17-35-18-19-9-12-22(34-5)13-10-19/h8-14,20,24-26,31-32H,6-7,15-18H2,1-5H3,(H,29,33)/b21-8+/t20-,24+,25-,26+/m0/s1. The quantitative estimate of drug-likeness (QED) is 0.205. The van der Waals surface area contributed by atoms with Crippen molar-refractivity contribution in [3.63, 3.8) is 0 Å². The number of nitrogens with one attached hydrogen (secondary N) is 1. The van der Waals surface area contributed by atoms with Crippen molar-refractivity contribution in [1.29, 1.82) is 0 Å². The first-order valence-corrected chi connectivity index (χ1v) is 12.7. The van der Waals surface area contributed by atoms with E-state index in [0.717, 1.165) is 11.3 Å². The van der Waals surface area contributed by atoms with Crippen molar-refractivity contribution < 1.29 is 38.7 Å². The van der Waals surface area contributed by atoms with Crippen LogP contribution in [0.25, 0.3) is 0 Å². The number of esters is 1. The normalized spacial score (nSPS) is 19.6. The largest absolute Gasteiger partial charge is 0.497 e. The van der Waals surface area contributed by atoms with E-state index >= 15 is 0 Å². The summed E-state index contributed by atoms with van der Waals surface area (Å²) in [5.74, 6) is 0.00892. The Morgan fingerprint density at radius 1 is 1.22 bits per heavy atom. The van der Waals surface area contributed by atoms with Crippen LogP contribution in [0.2, 0.25) is 0 Å². The molecule has 3 N–H and O–H groups in total. The smallest absolute Gasteiger partial charge is 0.407 e. The van der Waals surface area contributed by atoms with E-state index in [-0.39, 0.29) is 18.9 Å². The van der Waals surface area contributed by atoms with Crippen LogP contribution in [-0.2, 0) is 25.6 Å². The van der Waals surface area contributed by atoms with Crippen LogP contribution in [0.3, 0.4) is 0 Å². The highest BCUT2D eigenvalue weighted by molar-refractivity contribution is 5.83. The van der Waals surface area contributed by atoms with Gasteiger partial charge in [-0.2, -0.15) is 0 Å². The molecule has 9 heteroatoms. The molecule has 0 bridgehead atoms. The van der Waals surface area contributed by atoms with Crippen molar-refractivity contribution in [3.05, 3.63) is 53.6 Å². The number of cyclic esters (lactones) is 1. The average molecular weight is 520 g/mol. The van der Waals surface area contributed by atoms with Crippen LogP contribution in [0, 0.1) is 5.92 Å². The number of carbonyl (C=O) groups excluding carboxylic acids is 2. The Bertz CT molecular complexity index is 919. The lowest BCUT2D eigenvalue weighted by atomic mass is 9.87. The van der Waals surface area contributed by atoms with Crippen molar-refractivity contribution in [2.75, 3.05) is 20.3 Å². The van der Waals surface area contributed by atoms with Gasteiger partial charge in [0.05, 0.1) is 20.3 Å². The first-order valence-electron chi connectivity index (χ1n) is 12.7. The van der Waals surface area contributed by atoms with E-state index < -0.39 is 36.0 Å². The van der Waals surface area contributed by atoms with Gasteiger partial charge < -0.3 is 34.5 Å². The van der Waals surface area contributed by atoms with Crippen LogP contribution in [0.1, 0.15) is 52.5 Å². The van der Waals surface area contributed by atoms with Crippen molar-refractivity contribution in [3.8, 4) is 5.75 Å². The molecule has 0 spiro atoms. The van der Waals surface area contributed by atoms with Crippen molar-refractivity contribution in [2.45, 2.75) is 77.5 Å². The summed E-state index contributed by atoms with van der Waals surface area (Å²) < 4.78 is 21.5. The number of carbonyl (C=O) groups is 2. The second-order valence-corrected chi connectivity index (χ2v) is 9.92. The molecule has 1 aromatic rings. The predicted octanol–water partition coefficient (Wildman–Crippen LogP) is 3.67. The van der Waals surface area contributed by atoms with Gasteiger partial charge in [-0.15, -0.1) is 0 Å². The molecule has 1 aromatic carbocycles. The molecule has 1 aliphatic heterocycles. The second-order valence-electron chi connectivity index (χ2n) is 9.92. The molecule has 4 atom stereocenters. The number of methoxy groups -OCH3 is 1. The molecule has 0 aliphatic carbocycles. The molecule has 9 nitrogen and oxygen atoms in total. The van der Waals surface area contributed by atoms with Gasteiger partial charge in [0.2, 0.25) is 0 Å². The predicted molar refractivity (Wildman–Crippen MR) is 139 cm³/mol. The SMILES string of the molecule is CC[C@H]1C=CC(=O)O[C@H]1[C@@H](O)[C@H](O)/C(=C/CCOCc1ccc(OC)cc1)CCNC(=O)OC(C)(C)C. The third kappa shape index (κ3) is 10.6. The Hall–Kier alpha value is -2.88. The molecule has 1 amide bonds. The fraction of sp³-hybridized carbons (Fsp3) is 0.571. The summed E-state index contributed by atoms with van der Waals surface area (Å²) in [5.41, 5.74) is 0.879. The maximum absolute atomic E-state index is 12.0. The number of aliphatic hydroxyl groups is 2. The van der Waals surface area contributed by atoms with Crippen molar-refractivity contribution in [2.24, 2.45) is 5.92 Å². The van der Waals surface area contributed by atoms with E-state index in [0.29, 0.717) is 31.6 Å². The van der Waals surface area contributed by atoms with E-state index in [1.165, 1.54) is 6.08 Å². The molecule has 1 aliphatic rings. The summed E-state index contributed by atoms with van der Waals surface area (Å²) in [6, 6.07) is 7.57. The summed E-state index contributed by atoms with van der Waals surface area (Å²) >= 11 is 0. The van der Waals surface area contributed by atoms with E-state index in [1.807, 2.05) is 31.2 Å². The zero-order valence-electron chi connectivity index (χ0n) is 22.4. The lowest BCUT2D eigenvalue weighted by Crippen LogP contribution is -2.46. The molecule has 0 aromatic heterocycles.